The third kappa shape index (κ3) is 4.67. The van der Waals surface area contributed by atoms with E-state index in [1.165, 1.54) is 6.92 Å². The van der Waals surface area contributed by atoms with Gasteiger partial charge in [0, 0.05) is 12.8 Å². The number of anilines is 2. The Bertz CT molecular complexity index is 896. The Morgan fingerprint density at radius 2 is 1.96 bits per heavy atom. The summed E-state index contributed by atoms with van der Waals surface area (Å²) in [5.41, 5.74) is -0.659. The maximum atomic E-state index is 12.6. The van der Waals surface area contributed by atoms with Crippen molar-refractivity contribution < 1.29 is 31.9 Å². The van der Waals surface area contributed by atoms with Crippen molar-refractivity contribution in [1.82, 2.24) is 10.2 Å². The van der Waals surface area contributed by atoms with Crippen LogP contribution in [0.3, 0.4) is 0 Å². The van der Waals surface area contributed by atoms with E-state index in [4.69, 9.17) is 16.0 Å². The van der Waals surface area contributed by atoms with Crippen molar-refractivity contribution >= 4 is 35.1 Å². The van der Waals surface area contributed by atoms with Gasteiger partial charge in [-0.2, -0.15) is 0 Å². The van der Waals surface area contributed by atoms with Gasteiger partial charge in [0.25, 0.3) is 5.91 Å². The Hall–Kier alpha value is -2.82. The van der Waals surface area contributed by atoms with E-state index in [9.17, 15) is 22.8 Å². The van der Waals surface area contributed by atoms with E-state index in [1.807, 2.05) is 0 Å². The number of nitrogens with zero attached hydrogens (tertiary/aromatic N) is 2. The van der Waals surface area contributed by atoms with E-state index in [0.29, 0.717) is 12.8 Å². The number of benzene rings is 1. The number of carbonyl (C=O) groups excluding carboxylic acids is 2. The monoisotopic (exact) mass is 404 g/mol. The number of hydrogen-bond acceptors (Lipinski definition) is 6. The topological polar surface area (TPSA) is 106 Å². The maximum Gasteiger partial charge on any atom is 0.573 e. The molecule has 27 heavy (non-hydrogen) atoms. The van der Waals surface area contributed by atoms with Crippen LogP contribution in [0.2, 0.25) is 5.02 Å². The molecule has 0 aliphatic heterocycles. The lowest BCUT2D eigenvalue weighted by molar-refractivity contribution is -0.274. The number of aromatic nitrogens is 2. The van der Waals surface area contributed by atoms with Crippen LogP contribution in [0.15, 0.2) is 16.5 Å². The predicted molar refractivity (Wildman–Crippen MR) is 86.5 cm³/mol. The summed E-state index contributed by atoms with van der Waals surface area (Å²) < 4.78 is 46.8. The van der Waals surface area contributed by atoms with Crippen LogP contribution in [0, 0.1) is 12.8 Å². The Kier molecular flexibility index (Phi) is 4.96. The van der Waals surface area contributed by atoms with Gasteiger partial charge in [-0.15, -0.1) is 18.3 Å². The SMILES string of the molecule is Cc1nnc(NC(=O)c2ccc(OC(F)(F)F)c(NC(=O)C3CC3)c2Cl)o1. The number of aryl methyl sites for hydroxylation is 1. The van der Waals surface area contributed by atoms with Gasteiger partial charge in [-0.1, -0.05) is 16.7 Å². The molecular formula is C15H12ClF3N4O4. The second-order valence-corrected chi connectivity index (χ2v) is 6.07. The van der Waals surface area contributed by atoms with Crippen molar-refractivity contribution in [2.75, 3.05) is 10.6 Å². The minimum atomic E-state index is -5.01. The van der Waals surface area contributed by atoms with Crippen LogP contribution in [-0.2, 0) is 4.79 Å². The van der Waals surface area contributed by atoms with Crippen LogP contribution in [0.1, 0.15) is 29.1 Å². The zero-order valence-electron chi connectivity index (χ0n) is 13.7. The summed E-state index contributed by atoms with van der Waals surface area (Å²) in [5.74, 6) is -2.16. The Labute approximate surface area is 155 Å². The summed E-state index contributed by atoms with van der Waals surface area (Å²) in [6.07, 6.45) is -3.77. The van der Waals surface area contributed by atoms with Crippen molar-refractivity contribution in [3.8, 4) is 5.75 Å². The van der Waals surface area contributed by atoms with E-state index < -0.39 is 34.6 Å². The average molecular weight is 405 g/mol. The van der Waals surface area contributed by atoms with Crippen molar-refractivity contribution in [3.63, 3.8) is 0 Å². The summed E-state index contributed by atoms with van der Waals surface area (Å²) in [5, 5.41) is 11.2. The molecule has 0 unspecified atom stereocenters. The normalized spacial score (nSPS) is 14.0. The summed E-state index contributed by atoms with van der Waals surface area (Å²) in [6.45, 7) is 1.50. The Balaban J connectivity index is 1.92. The standard InChI is InChI=1S/C15H12ClF3N4O4/c1-6-22-23-14(26-6)21-13(25)8-4-5-9(27-15(17,18)19)11(10(8)16)20-12(24)7-2-3-7/h4-5,7H,2-3H2,1H3,(H,20,24)(H,21,23,25). The number of hydrogen-bond donors (Lipinski definition) is 2. The zero-order valence-corrected chi connectivity index (χ0v) is 14.4. The first-order valence-electron chi connectivity index (χ1n) is 7.64. The molecule has 3 rings (SSSR count). The fraction of sp³-hybridized carbons (Fsp3) is 0.333. The quantitative estimate of drug-likeness (QED) is 0.789. The van der Waals surface area contributed by atoms with Gasteiger partial charge >= 0.3 is 12.4 Å². The number of nitrogens with one attached hydrogen (secondary N) is 2. The lowest BCUT2D eigenvalue weighted by Gasteiger charge is -2.17. The fourth-order valence-electron chi connectivity index (χ4n) is 2.14. The van der Waals surface area contributed by atoms with Crippen molar-refractivity contribution in [3.05, 3.63) is 28.6 Å². The molecule has 2 aromatic rings. The summed E-state index contributed by atoms with van der Waals surface area (Å²) in [7, 11) is 0. The molecule has 0 saturated heterocycles. The maximum absolute atomic E-state index is 12.6. The zero-order chi connectivity index (χ0) is 19.8. The van der Waals surface area contributed by atoms with E-state index in [2.05, 4.69) is 25.6 Å². The first kappa shape index (κ1) is 19.0. The van der Waals surface area contributed by atoms with Crippen LogP contribution in [0.25, 0.3) is 0 Å². The van der Waals surface area contributed by atoms with Gasteiger partial charge in [-0.3, -0.25) is 14.9 Å². The lowest BCUT2D eigenvalue weighted by atomic mass is 10.1. The molecule has 0 atom stereocenters. The third-order valence-corrected chi connectivity index (χ3v) is 3.91. The van der Waals surface area contributed by atoms with Crippen molar-refractivity contribution in [2.45, 2.75) is 26.1 Å². The highest BCUT2D eigenvalue weighted by Gasteiger charge is 2.35. The van der Waals surface area contributed by atoms with E-state index in [0.717, 1.165) is 12.1 Å². The van der Waals surface area contributed by atoms with Crippen molar-refractivity contribution in [2.24, 2.45) is 5.92 Å². The molecule has 1 aromatic heterocycles. The second kappa shape index (κ2) is 7.06. The largest absolute Gasteiger partial charge is 0.573 e. The second-order valence-electron chi connectivity index (χ2n) is 5.69. The molecule has 8 nitrogen and oxygen atoms in total. The summed E-state index contributed by atoms with van der Waals surface area (Å²) in [6, 6.07) is 1.69. The van der Waals surface area contributed by atoms with Gasteiger partial charge in [0.15, 0.2) is 5.75 Å². The van der Waals surface area contributed by atoms with Gasteiger partial charge in [0.1, 0.15) is 5.69 Å². The van der Waals surface area contributed by atoms with Gasteiger partial charge in [0.05, 0.1) is 10.6 Å². The smallest absolute Gasteiger partial charge is 0.408 e. The molecule has 2 N–H and O–H groups in total. The molecule has 1 heterocycles. The molecule has 144 valence electrons. The van der Waals surface area contributed by atoms with Crippen LogP contribution < -0.4 is 15.4 Å². The number of carbonyl (C=O) groups is 2. The molecule has 1 saturated carbocycles. The first-order chi connectivity index (χ1) is 12.6. The van der Waals surface area contributed by atoms with Crippen LogP contribution in [-0.4, -0.2) is 28.4 Å². The Morgan fingerprint density at radius 1 is 1.26 bits per heavy atom. The first-order valence-corrected chi connectivity index (χ1v) is 8.02. The summed E-state index contributed by atoms with van der Waals surface area (Å²) >= 11 is 6.09. The highest BCUT2D eigenvalue weighted by atomic mass is 35.5. The predicted octanol–water partition coefficient (Wildman–Crippen LogP) is 3.53. The molecule has 2 amide bonds. The van der Waals surface area contributed by atoms with Crippen LogP contribution >= 0.6 is 11.6 Å². The number of amides is 2. The minimum Gasteiger partial charge on any atom is -0.408 e. The molecule has 12 heteroatoms. The van der Waals surface area contributed by atoms with Crippen molar-refractivity contribution in [1.29, 1.82) is 0 Å². The highest BCUT2D eigenvalue weighted by molar-refractivity contribution is 6.37. The molecule has 0 bridgehead atoms. The molecule has 1 aliphatic carbocycles. The van der Waals surface area contributed by atoms with E-state index in [1.54, 1.807) is 0 Å². The fourth-order valence-corrected chi connectivity index (χ4v) is 2.43. The van der Waals surface area contributed by atoms with Gasteiger partial charge in [-0.25, -0.2) is 0 Å². The van der Waals surface area contributed by atoms with E-state index in [-0.39, 0.29) is 23.4 Å². The molecule has 1 aliphatic rings. The molecule has 1 aromatic carbocycles. The lowest BCUT2D eigenvalue weighted by Crippen LogP contribution is -2.21. The number of ether oxygens (including phenoxy) is 1. The third-order valence-electron chi connectivity index (χ3n) is 3.52. The highest BCUT2D eigenvalue weighted by Crippen LogP contribution is 2.40. The molecule has 0 radical (unpaired) electrons. The number of alkyl halides is 3. The van der Waals surface area contributed by atoms with Gasteiger partial charge < -0.3 is 14.5 Å². The van der Waals surface area contributed by atoms with Gasteiger partial charge in [0.2, 0.25) is 11.8 Å². The molecule has 1 fully saturated rings. The van der Waals surface area contributed by atoms with E-state index >= 15 is 0 Å². The number of halogens is 4. The Morgan fingerprint density at radius 3 is 2.52 bits per heavy atom. The van der Waals surface area contributed by atoms with Gasteiger partial charge in [-0.05, 0) is 25.0 Å². The van der Waals surface area contributed by atoms with Crippen LogP contribution in [0.5, 0.6) is 5.75 Å². The van der Waals surface area contributed by atoms with Crippen LogP contribution in [0.4, 0.5) is 24.9 Å². The minimum absolute atomic E-state index is 0.197. The molecule has 0 spiro atoms. The summed E-state index contributed by atoms with van der Waals surface area (Å²) in [4.78, 5) is 24.3. The molecular weight excluding hydrogens is 393 g/mol. The average Bonchev–Trinajstić information content (AvgIpc) is 3.33. The number of rotatable bonds is 5.